The first kappa shape index (κ1) is 14.1. The number of carbonyl (C=O) groups is 1. The predicted octanol–water partition coefficient (Wildman–Crippen LogP) is 2.25. The number of carbonyl (C=O) groups excluding carboxylic acids is 1. The smallest absolute Gasteiger partial charge is 0.257 e. The van der Waals surface area contributed by atoms with Gasteiger partial charge in [0, 0.05) is 38.4 Å². The van der Waals surface area contributed by atoms with E-state index in [1.165, 1.54) is 12.5 Å². The van der Waals surface area contributed by atoms with Crippen LogP contribution in [-0.2, 0) is 20.1 Å². The van der Waals surface area contributed by atoms with E-state index in [1.807, 2.05) is 29.9 Å². The van der Waals surface area contributed by atoms with Gasteiger partial charge in [0.1, 0.15) is 12.1 Å². The lowest BCUT2D eigenvalue weighted by atomic mass is 10.2. The number of hydrogen-bond acceptors (Lipinski definition) is 4. The summed E-state index contributed by atoms with van der Waals surface area (Å²) in [6.45, 7) is 0.882. The monoisotopic (exact) mass is 296 g/mol. The zero-order chi connectivity index (χ0) is 15.4. The number of amides is 1. The SMILES string of the molecule is Cn1ccnc1CN(Cc1cccnc1)C(=O)c1ccoc1. The van der Waals surface area contributed by atoms with Crippen LogP contribution in [0.2, 0.25) is 0 Å². The van der Waals surface area contributed by atoms with Crippen LogP contribution in [0.1, 0.15) is 21.7 Å². The highest BCUT2D eigenvalue weighted by atomic mass is 16.3. The van der Waals surface area contributed by atoms with Crippen molar-refractivity contribution in [3.05, 3.63) is 72.5 Å². The topological polar surface area (TPSA) is 64.2 Å². The highest BCUT2D eigenvalue weighted by Gasteiger charge is 2.19. The van der Waals surface area contributed by atoms with E-state index in [0.29, 0.717) is 18.7 Å². The van der Waals surface area contributed by atoms with E-state index in [2.05, 4.69) is 9.97 Å². The number of imidazole rings is 1. The lowest BCUT2D eigenvalue weighted by Gasteiger charge is -2.22. The van der Waals surface area contributed by atoms with Crippen LogP contribution in [0.5, 0.6) is 0 Å². The van der Waals surface area contributed by atoms with Crippen LogP contribution in [0.25, 0.3) is 0 Å². The minimum absolute atomic E-state index is 0.0967. The van der Waals surface area contributed by atoms with Gasteiger partial charge in [-0.15, -0.1) is 0 Å². The number of aryl methyl sites for hydroxylation is 1. The average molecular weight is 296 g/mol. The minimum Gasteiger partial charge on any atom is -0.472 e. The van der Waals surface area contributed by atoms with Crippen molar-refractivity contribution in [3.63, 3.8) is 0 Å². The molecule has 0 saturated heterocycles. The summed E-state index contributed by atoms with van der Waals surface area (Å²) in [7, 11) is 1.91. The van der Waals surface area contributed by atoms with Gasteiger partial charge in [-0.25, -0.2) is 4.98 Å². The molecule has 3 aromatic heterocycles. The molecule has 3 rings (SSSR count). The zero-order valence-electron chi connectivity index (χ0n) is 12.2. The first-order valence-electron chi connectivity index (χ1n) is 6.90. The van der Waals surface area contributed by atoms with Gasteiger partial charge in [0.2, 0.25) is 0 Å². The summed E-state index contributed by atoms with van der Waals surface area (Å²) in [5.74, 6) is 0.723. The Labute approximate surface area is 128 Å². The molecule has 0 bridgehead atoms. The first-order valence-corrected chi connectivity index (χ1v) is 6.90. The molecule has 0 atom stereocenters. The van der Waals surface area contributed by atoms with E-state index in [-0.39, 0.29) is 5.91 Å². The van der Waals surface area contributed by atoms with Crippen molar-refractivity contribution >= 4 is 5.91 Å². The molecule has 0 aliphatic heterocycles. The normalized spacial score (nSPS) is 10.6. The first-order chi connectivity index (χ1) is 10.7. The van der Waals surface area contributed by atoms with Crippen LogP contribution >= 0.6 is 0 Å². The third-order valence-electron chi connectivity index (χ3n) is 3.40. The second-order valence-electron chi connectivity index (χ2n) is 4.99. The maximum atomic E-state index is 12.7. The van der Waals surface area contributed by atoms with Crippen LogP contribution in [-0.4, -0.2) is 25.3 Å². The third kappa shape index (κ3) is 3.06. The van der Waals surface area contributed by atoms with Crippen LogP contribution in [0.15, 0.2) is 59.9 Å². The molecule has 0 N–H and O–H groups in total. The third-order valence-corrected chi connectivity index (χ3v) is 3.40. The fourth-order valence-electron chi connectivity index (χ4n) is 2.20. The molecular formula is C16H16N4O2. The highest BCUT2D eigenvalue weighted by molar-refractivity contribution is 5.93. The van der Waals surface area contributed by atoms with Gasteiger partial charge in [-0.2, -0.15) is 0 Å². The molecule has 0 aromatic carbocycles. The number of hydrogen-bond donors (Lipinski definition) is 0. The quantitative estimate of drug-likeness (QED) is 0.724. The fourth-order valence-corrected chi connectivity index (χ4v) is 2.20. The van der Waals surface area contributed by atoms with Crippen molar-refractivity contribution in [1.29, 1.82) is 0 Å². The summed E-state index contributed by atoms with van der Waals surface area (Å²) >= 11 is 0. The molecule has 6 nitrogen and oxygen atoms in total. The molecule has 0 spiro atoms. The lowest BCUT2D eigenvalue weighted by Crippen LogP contribution is -2.31. The molecule has 112 valence electrons. The van der Waals surface area contributed by atoms with Crippen molar-refractivity contribution in [2.45, 2.75) is 13.1 Å². The number of nitrogens with zero attached hydrogens (tertiary/aromatic N) is 4. The largest absolute Gasteiger partial charge is 0.472 e. The van der Waals surface area contributed by atoms with Crippen molar-refractivity contribution < 1.29 is 9.21 Å². The second-order valence-corrected chi connectivity index (χ2v) is 4.99. The Morgan fingerprint density at radius 1 is 1.32 bits per heavy atom. The van der Waals surface area contributed by atoms with E-state index in [9.17, 15) is 4.79 Å². The maximum absolute atomic E-state index is 12.7. The molecule has 0 aliphatic carbocycles. The van der Waals surface area contributed by atoms with Crippen molar-refractivity contribution in [2.75, 3.05) is 0 Å². The molecule has 3 heterocycles. The van der Waals surface area contributed by atoms with E-state index in [4.69, 9.17) is 4.42 Å². The Morgan fingerprint density at radius 2 is 2.23 bits per heavy atom. The van der Waals surface area contributed by atoms with Crippen LogP contribution in [0.3, 0.4) is 0 Å². The van der Waals surface area contributed by atoms with Gasteiger partial charge >= 0.3 is 0 Å². The summed E-state index contributed by atoms with van der Waals surface area (Å²) in [4.78, 5) is 22.8. The van der Waals surface area contributed by atoms with Crippen LogP contribution < -0.4 is 0 Å². The lowest BCUT2D eigenvalue weighted by molar-refractivity contribution is 0.0723. The molecule has 0 aliphatic rings. The molecule has 0 unspecified atom stereocenters. The number of pyridine rings is 1. The number of furan rings is 1. The molecule has 1 amide bonds. The van der Waals surface area contributed by atoms with E-state index < -0.39 is 0 Å². The predicted molar refractivity (Wildman–Crippen MR) is 79.7 cm³/mol. The summed E-state index contributed by atoms with van der Waals surface area (Å²) in [6, 6.07) is 5.47. The Hall–Kier alpha value is -2.89. The molecule has 22 heavy (non-hydrogen) atoms. The minimum atomic E-state index is -0.0967. The second kappa shape index (κ2) is 6.26. The summed E-state index contributed by atoms with van der Waals surface area (Å²) in [6.07, 6.45) is 10.0. The van der Waals surface area contributed by atoms with Gasteiger partial charge in [0.25, 0.3) is 5.91 Å². The van der Waals surface area contributed by atoms with Crippen molar-refractivity contribution in [1.82, 2.24) is 19.4 Å². The van der Waals surface area contributed by atoms with E-state index >= 15 is 0 Å². The Kier molecular flexibility index (Phi) is 4.00. The molecule has 0 saturated carbocycles. The Morgan fingerprint density at radius 3 is 2.86 bits per heavy atom. The molecule has 0 fully saturated rings. The van der Waals surface area contributed by atoms with Crippen molar-refractivity contribution in [2.24, 2.45) is 7.05 Å². The van der Waals surface area contributed by atoms with Gasteiger partial charge in [0.15, 0.2) is 0 Å². The van der Waals surface area contributed by atoms with Gasteiger partial charge in [-0.3, -0.25) is 9.78 Å². The summed E-state index contributed by atoms with van der Waals surface area (Å²) in [5.41, 5.74) is 1.49. The van der Waals surface area contributed by atoms with Gasteiger partial charge in [-0.1, -0.05) is 6.07 Å². The highest BCUT2D eigenvalue weighted by Crippen LogP contribution is 2.13. The van der Waals surface area contributed by atoms with Crippen molar-refractivity contribution in [3.8, 4) is 0 Å². The molecule has 0 radical (unpaired) electrons. The van der Waals surface area contributed by atoms with Gasteiger partial charge in [-0.05, 0) is 17.7 Å². The van der Waals surface area contributed by atoms with Gasteiger partial charge < -0.3 is 13.9 Å². The van der Waals surface area contributed by atoms with Gasteiger partial charge in [0.05, 0.1) is 18.4 Å². The summed E-state index contributed by atoms with van der Waals surface area (Å²) in [5, 5.41) is 0. The Balaban J connectivity index is 1.85. The van der Waals surface area contributed by atoms with E-state index in [1.54, 1.807) is 29.6 Å². The standard InChI is InChI=1S/C16H16N4O2/c1-19-7-6-18-15(19)11-20(10-13-3-2-5-17-9-13)16(21)14-4-8-22-12-14/h2-9,12H,10-11H2,1H3. The van der Waals surface area contributed by atoms with E-state index in [0.717, 1.165) is 11.4 Å². The maximum Gasteiger partial charge on any atom is 0.257 e. The number of rotatable bonds is 5. The molecule has 6 heteroatoms. The average Bonchev–Trinajstić information content (AvgIpc) is 3.19. The molecule has 3 aromatic rings. The van der Waals surface area contributed by atoms with Crippen LogP contribution in [0.4, 0.5) is 0 Å². The fraction of sp³-hybridized carbons (Fsp3) is 0.188. The molecular weight excluding hydrogens is 280 g/mol. The zero-order valence-corrected chi connectivity index (χ0v) is 12.2. The summed E-state index contributed by atoms with van der Waals surface area (Å²) < 4.78 is 6.92. The Bertz CT molecular complexity index is 735. The number of aromatic nitrogens is 3. The van der Waals surface area contributed by atoms with Crippen LogP contribution in [0, 0.1) is 0 Å².